The van der Waals surface area contributed by atoms with E-state index in [9.17, 15) is 0 Å². The van der Waals surface area contributed by atoms with Crippen LogP contribution in [0.2, 0.25) is 0 Å². The van der Waals surface area contributed by atoms with Crippen LogP contribution in [0.1, 0.15) is 27.7 Å². The Balaban J connectivity index is 4.33. The minimum Gasteiger partial charge on any atom is -0.356 e. The van der Waals surface area contributed by atoms with Crippen LogP contribution in [0.15, 0.2) is 24.6 Å². The SMILES string of the molecule is C=CN(C)/C(C)=C/C(C)(C)C. The molecule has 0 aliphatic heterocycles. The highest BCUT2D eigenvalue weighted by Gasteiger charge is 2.06. The molecule has 0 bridgehead atoms. The second-order valence-electron chi connectivity index (χ2n) is 3.95. The van der Waals surface area contributed by atoms with E-state index >= 15 is 0 Å². The summed E-state index contributed by atoms with van der Waals surface area (Å²) >= 11 is 0. The molecule has 11 heavy (non-hydrogen) atoms. The molecule has 0 aliphatic carbocycles. The Morgan fingerprint density at radius 2 is 1.82 bits per heavy atom. The van der Waals surface area contributed by atoms with E-state index in [1.165, 1.54) is 5.70 Å². The molecule has 1 nitrogen and oxygen atoms in total. The monoisotopic (exact) mass is 153 g/mol. The fourth-order valence-electron chi connectivity index (χ4n) is 0.872. The molecule has 0 unspecified atom stereocenters. The van der Waals surface area contributed by atoms with E-state index in [0.717, 1.165) is 0 Å². The van der Waals surface area contributed by atoms with E-state index in [4.69, 9.17) is 0 Å². The van der Waals surface area contributed by atoms with Gasteiger partial charge in [0.25, 0.3) is 0 Å². The summed E-state index contributed by atoms with van der Waals surface area (Å²) in [6.07, 6.45) is 4.05. The van der Waals surface area contributed by atoms with E-state index in [1.807, 2.05) is 18.1 Å². The van der Waals surface area contributed by atoms with Gasteiger partial charge in [-0.2, -0.15) is 0 Å². The number of rotatable bonds is 2. The Labute approximate surface area is 70.4 Å². The van der Waals surface area contributed by atoms with Crippen LogP contribution in [0.3, 0.4) is 0 Å². The smallest absolute Gasteiger partial charge is 0.0108 e. The third-order valence-electron chi connectivity index (χ3n) is 1.47. The molecular weight excluding hydrogens is 134 g/mol. The second-order valence-corrected chi connectivity index (χ2v) is 3.95. The molecule has 0 rings (SSSR count). The number of hydrogen-bond acceptors (Lipinski definition) is 1. The normalized spacial score (nSPS) is 13.0. The van der Waals surface area contributed by atoms with Crippen molar-refractivity contribution in [3.05, 3.63) is 24.6 Å². The molecule has 0 aliphatic rings. The van der Waals surface area contributed by atoms with Crippen molar-refractivity contribution in [3.63, 3.8) is 0 Å². The van der Waals surface area contributed by atoms with Crippen LogP contribution in [0.4, 0.5) is 0 Å². The molecule has 0 aromatic rings. The topological polar surface area (TPSA) is 3.24 Å². The van der Waals surface area contributed by atoms with Gasteiger partial charge in [-0.05, 0) is 18.5 Å². The van der Waals surface area contributed by atoms with Gasteiger partial charge in [0.05, 0.1) is 0 Å². The zero-order chi connectivity index (χ0) is 9.07. The van der Waals surface area contributed by atoms with Gasteiger partial charge in [-0.1, -0.05) is 33.4 Å². The highest BCUT2D eigenvalue weighted by atomic mass is 15.1. The maximum atomic E-state index is 3.70. The van der Waals surface area contributed by atoms with Gasteiger partial charge in [0, 0.05) is 12.7 Å². The summed E-state index contributed by atoms with van der Waals surface area (Å²) in [4.78, 5) is 2.02. The summed E-state index contributed by atoms with van der Waals surface area (Å²) in [6, 6.07) is 0. The van der Waals surface area contributed by atoms with Crippen LogP contribution >= 0.6 is 0 Å². The fourth-order valence-corrected chi connectivity index (χ4v) is 0.872. The molecule has 0 fully saturated rings. The molecule has 0 aromatic carbocycles. The largest absolute Gasteiger partial charge is 0.356 e. The van der Waals surface area contributed by atoms with Crippen molar-refractivity contribution >= 4 is 0 Å². The third kappa shape index (κ3) is 4.65. The fraction of sp³-hybridized carbons (Fsp3) is 0.600. The molecule has 0 saturated carbocycles. The zero-order valence-corrected chi connectivity index (χ0v) is 8.31. The summed E-state index contributed by atoms with van der Waals surface area (Å²) in [5.41, 5.74) is 1.49. The predicted octanol–water partition coefficient (Wildman–Crippen LogP) is 3.01. The third-order valence-corrected chi connectivity index (χ3v) is 1.47. The van der Waals surface area contributed by atoms with Crippen LogP contribution in [-0.4, -0.2) is 11.9 Å². The predicted molar refractivity (Wildman–Crippen MR) is 51.2 cm³/mol. The Hall–Kier alpha value is -0.720. The lowest BCUT2D eigenvalue weighted by Crippen LogP contribution is -2.10. The molecule has 0 amide bonds. The first-order chi connectivity index (χ1) is 4.87. The van der Waals surface area contributed by atoms with E-state index < -0.39 is 0 Å². The van der Waals surface area contributed by atoms with Gasteiger partial charge in [0.1, 0.15) is 0 Å². The molecule has 0 saturated heterocycles. The number of hydrogen-bond donors (Lipinski definition) is 0. The van der Waals surface area contributed by atoms with Gasteiger partial charge in [0.2, 0.25) is 0 Å². The lowest BCUT2D eigenvalue weighted by atomic mass is 9.95. The van der Waals surface area contributed by atoms with Crippen molar-refractivity contribution in [1.82, 2.24) is 4.90 Å². The summed E-state index contributed by atoms with van der Waals surface area (Å²) in [5.74, 6) is 0. The van der Waals surface area contributed by atoms with Gasteiger partial charge in [-0.3, -0.25) is 0 Å². The Bertz CT molecular complexity index is 160. The highest BCUT2D eigenvalue weighted by Crippen LogP contribution is 2.18. The standard InChI is InChI=1S/C10H19N/c1-7-11(6)9(2)8-10(3,4)5/h7-8H,1H2,2-6H3/b9-8+. The Morgan fingerprint density at radius 1 is 1.36 bits per heavy atom. The lowest BCUT2D eigenvalue weighted by Gasteiger charge is -2.19. The molecule has 0 atom stereocenters. The van der Waals surface area contributed by atoms with Crippen molar-refractivity contribution in [2.75, 3.05) is 7.05 Å². The quantitative estimate of drug-likeness (QED) is 0.589. The average molecular weight is 153 g/mol. The molecule has 1 heteroatoms. The maximum absolute atomic E-state index is 3.70. The molecule has 0 heterocycles. The molecule has 0 radical (unpaired) electrons. The van der Waals surface area contributed by atoms with E-state index in [1.54, 1.807) is 0 Å². The molecule has 64 valence electrons. The lowest BCUT2D eigenvalue weighted by molar-refractivity contribution is 0.500. The van der Waals surface area contributed by atoms with Crippen LogP contribution in [-0.2, 0) is 0 Å². The summed E-state index contributed by atoms with van der Waals surface area (Å²) in [5, 5.41) is 0. The van der Waals surface area contributed by atoms with Gasteiger partial charge in [-0.15, -0.1) is 0 Å². The van der Waals surface area contributed by atoms with E-state index in [-0.39, 0.29) is 5.41 Å². The maximum Gasteiger partial charge on any atom is 0.0108 e. The molecule has 0 N–H and O–H groups in total. The first-order valence-corrected chi connectivity index (χ1v) is 3.91. The number of nitrogens with zero attached hydrogens (tertiary/aromatic N) is 1. The van der Waals surface area contributed by atoms with Crippen molar-refractivity contribution in [2.45, 2.75) is 27.7 Å². The van der Waals surface area contributed by atoms with Gasteiger partial charge in [-0.25, -0.2) is 0 Å². The van der Waals surface area contributed by atoms with E-state index in [2.05, 4.69) is 40.3 Å². The number of allylic oxidation sites excluding steroid dienone is 2. The average Bonchev–Trinajstić information content (AvgIpc) is 1.82. The summed E-state index contributed by atoms with van der Waals surface area (Å²) < 4.78 is 0. The van der Waals surface area contributed by atoms with Crippen LogP contribution in [0, 0.1) is 5.41 Å². The minimum absolute atomic E-state index is 0.251. The van der Waals surface area contributed by atoms with Gasteiger partial charge < -0.3 is 4.90 Å². The first kappa shape index (κ1) is 10.3. The summed E-state index contributed by atoms with van der Waals surface area (Å²) in [7, 11) is 2.00. The Kier molecular flexibility index (Phi) is 3.37. The highest BCUT2D eigenvalue weighted by molar-refractivity contribution is 5.04. The minimum atomic E-state index is 0.251. The second kappa shape index (κ2) is 3.61. The van der Waals surface area contributed by atoms with Crippen molar-refractivity contribution < 1.29 is 0 Å². The van der Waals surface area contributed by atoms with Crippen molar-refractivity contribution in [1.29, 1.82) is 0 Å². The van der Waals surface area contributed by atoms with Crippen LogP contribution in [0.25, 0.3) is 0 Å². The van der Waals surface area contributed by atoms with Crippen molar-refractivity contribution in [3.8, 4) is 0 Å². The summed E-state index contributed by atoms with van der Waals surface area (Å²) in [6.45, 7) is 12.4. The van der Waals surface area contributed by atoms with Gasteiger partial charge in [0.15, 0.2) is 0 Å². The molecular formula is C10H19N. The van der Waals surface area contributed by atoms with Crippen LogP contribution < -0.4 is 0 Å². The molecule has 0 spiro atoms. The van der Waals surface area contributed by atoms with Gasteiger partial charge >= 0.3 is 0 Å². The van der Waals surface area contributed by atoms with Crippen molar-refractivity contribution in [2.24, 2.45) is 5.41 Å². The van der Waals surface area contributed by atoms with Crippen LogP contribution in [0.5, 0.6) is 0 Å². The van der Waals surface area contributed by atoms with E-state index in [0.29, 0.717) is 0 Å². The Morgan fingerprint density at radius 3 is 2.09 bits per heavy atom. The molecule has 0 aromatic heterocycles. The zero-order valence-electron chi connectivity index (χ0n) is 8.31. The first-order valence-electron chi connectivity index (χ1n) is 3.91.